The molecule has 1 aromatic heterocycles. The van der Waals surface area contributed by atoms with E-state index in [0.717, 1.165) is 17.8 Å². The molecule has 2 N–H and O–H groups in total. The summed E-state index contributed by atoms with van der Waals surface area (Å²) >= 11 is 6.87. The summed E-state index contributed by atoms with van der Waals surface area (Å²) in [6.45, 7) is 0. The van der Waals surface area contributed by atoms with Crippen LogP contribution in [0.25, 0.3) is 17.1 Å². The molecule has 2 aromatic carbocycles. The molecule has 3 rings (SSSR count). The molecule has 0 bridgehead atoms. The molecule has 0 saturated heterocycles. The van der Waals surface area contributed by atoms with Crippen LogP contribution in [0.4, 0.5) is 18.0 Å². The van der Waals surface area contributed by atoms with Gasteiger partial charge < -0.3 is 5.32 Å². The smallest absolute Gasteiger partial charge is 0.341 e. The summed E-state index contributed by atoms with van der Waals surface area (Å²) in [6, 6.07) is 10.7. The van der Waals surface area contributed by atoms with E-state index in [9.17, 15) is 22.8 Å². The van der Waals surface area contributed by atoms with E-state index in [4.69, 9.17) is 11.6 Å². The van der Waals surface area contributed by atoms with E-state index in [1.165, 1.54) is 29.8 Å². The highest BCUT2D eigenvalue weighted by Crippen LogP contribution is 2.37. The Kier molecular flexibility index (Phi) is 6.86. The van der Waals surface area contributed by atoms with E-state index >= 15 is 0 Å². The lowest BCUT2D eigenvalue weighted by atomic mass is 10.1. The van der Waals surface area contributed by atoms with Crippen molar-refractivity contribution in [2.24, 2.45) is 0 Å². The van der Waals surface area contributed by atoms with Crippen molar-refractivity contribution in [2.45, 2.75) is 11.3 Å². The van der Waals surface area contributed by atoms with Gasteiger partial charge in [0.1, 0.15) is 0 Å². The van der Waals surface area contributed by atoms with Gasteiger partial charge in [0, 0.05) is 17.6 Å². The number of carbonyl (C=O) groups is 2. The molecular formula is C19H15ClF3N5O2S. The van der Waals surface area contributed by atoms with Crippen molar-refractivity contribution in [2.75, 3.05) is 12.8 Å². The number of para-hydroxylation sites is 1. The summed E-state index contributed by atoms with van der Waals surface area (Å²) in [5, 5.41) is 12.7. The van der Waals surface area contributed by atoms with E-state index in [2.05, 4.69) is 20.8 Å². The fourth-order valence-electron chi connectivity index (χ4n) is 2.66. The average molecular weight is 470 g/mol. The Morgan fingerprint density at radius 2 is 1.87 bits per heavy atom. The van der Waals surface area contributed by atoms with Crippen molar-refractivity contribution in [1.82, 2.24) is 25.4 Å². The lowest BCUT2D eigenvalue weighted by molar-refractivity contribution is -0.137. The first kappa shape index (κ1) is 22.6. The number of aromatic nitrogens is 3. The number of alkyl halides is 3. The Morgan fingerprint density at radius 1 is 1.13 bits per heavy atom. The number of nitrogens with one attached hydrogen (secondary N) is 2. The number of carbonyl (C=O) groups excluding carboxylic acids is 2. The highest BCUT2D eigenvalue weighted by molar-refractivity contribution is 7.99. The van der Waals surface area contributed by atoms with E-state index < -0.39 is 23.7 Å². The summed E-state index contributed by atoms with van der Waals surface area (Å²) in [5.74, 6) is -0.796. The first-order chi connectivity index (χ1) is 14.7. The number of urea groups is 1. The number of rotatable bonds is 5. The van der Waals surface area contributed by atoms with Gasteiger partial charge in [0.05, 0.1) is 17.0 Å². The maximum atomic E-state index is 13.7. The molecule has 31 heavy (non-hydrogen) atoms. The second-order valence-electron chi connectivity index (χ2n) is 6.08. The third-order valence-corrected chi connectivity index (χ3v) is 5.14. The van der Waals surface area contributed by atoms with E-state index in [-0.39, 0.29) is 22.4 Å². The summed E-state index contributed by atoms with van der Waals surface area (Å²) in [5.41, 5.74) is -0.655. The van der Waals surface area contributed by atoms with Crippen LogP contribution in [0, 0.1) is 0 Å². The van der Waals surface area contributed by atoms with Gasteiger partial charge in [-0.05, 0) is 24.3 Å². The van der Waals surface area contributed by atoms with Crippen LogP contribution in [0.1, 0.15) is 5.56 Å². The van der Waals surface area contributed by atoms with Crippen molar-refractivity contribution in [1.29, 1.82) is 0 Å². The number of imide groups is 1. The van der Waals surface area contributed by atoms with Crippen molar-refractivity contribution in [3.63, 3.8) is 0 Å². The third kappa shape index (κ3) is 5.36. The van der Waals surface area contributed by atoms with Gasteiger partial charge in [0.25, 0.3) is 0 Å². The number of nitrogens with zero attached hydrogens (tertiary/aromatic N) is 3. The Hall–Kier alpha value is -3.05. The summed E-state index contributed by atoms with van der Waals surface area (Å²) in [7, 11) is 1.34. The molecule has 0 atom stereocenters. The van der Waals surface area contributed by atoms with Gasteiger partial charge in [-0.3, -0.25) is 14.7 Å². The first-order valence-corrected chi connectivity index (χ1v) is 10.1. The van der Waals surface area contributed by atoms with Crippen LogP contribution in [0.5, 0.6) is 0 Å². The highest BCUT2D eigenvalue weighted by atomic mass is 35.5. The quantitative estimate of drug-likeness (QED) is 0.548. The Morgan fingerprint density at radius 3 is 2.55 bits per heavy atom. The monoisotopic (exact) mass is 469 g/mol. The zero-order valence-corrected chi connectivity index (χ0v) is 17.5. The van der Waals surface area contributed by atoms with Gasteiger partial charge in [-0.1, -0.05) is 47.6 Å². The van der Waals surface area contributed by atoms with Crippen molar-refractivity contribution in [3.05, 3.63) is 59.1 Å². The molecule has 1 heterocycles. The van der Waals surface area contributed by atoms with Crippen LogP contribution in [0.2, 0.25) is 5.02 Å². The number of amides is 3. The highest BCUT2D eigenvalue weighted by Gasteiger charge is 2.35. The van der Waals surface area contributed by atoms with Gasteiger partial charge in [-0.15, -0.1) is 10.2 Å². The average Bonchev–Trinajstić information content (AvgIpc) is 3.15. The van der Waals surface area contributed by atoms with Crippen LogP contribution < -0.4 is 10.6 Å². The van der Waals surface area contributed by atoms with Crippen LogP contribution >= 0.6 is 23.4 Å². The van der Waals surface area contributed by atoms with Gasteiger partial charge >= 0.3 is 12.2 Å². The van der Waals surface area contributed by atoms with E-state index in [1.807, 2.05) is 0 Å². The molecule has 0 aliphatic rings. The Labute approximate surface area is 184 Å². The van der Waals surface area contributed by atoms with Gasteiger partial charge in [-0.2, -0.15) is 13.2 Å². The van der Waals surface area contributed by atoms with Gasteiger partial charge in [0.2, 0.25) is 5.91 Å². The van der Waals surface area contributed by atoms with Gasteiger partial charge in [0.15, 0.2) is 11.0 Å². The second-order valence-corrected chi connectivity index (χ2v) is 7.46. The minimum atomic E-state index is -4.63. The molecule has 0 unspecified atom stereocenters. The van der Waals surface area contributed by atoms with E-state index in [1.54, 1.807) is 24.3 Å². The van der Waals surface area contributed by atoms with Crippen LogP contribution in [0.15, 0.2) is 53.7 Å². The largest absolute Gasteiger partial charge is 0.418 e. The number of benzene rings is 2. The topological polar surface area (TPSA) is 88.9 Å². The SMILES string of the molecule is CNC(=O)NC(=O)CSc1nnc(-c2cccc(Cl)c2)n1-c1ccccc1C(F)(F)F. The molecule has 0 aliphatic heterocycles. The molecule has 12 heteroatoms. The van der Waals surface area contributed by atoms with Gasteiger partial charge in [-0.25, -0.2) is 4.79 Å². The molecule has 7 nitrogen and oxygen atoms in total. The first-order valence-electron chi connectivity index (χ1n) is 8.73. The fourth-order valence-corrected chi connectivity index (χ4v) is 3.59. The van der Waals surface area contributed by atoms with Crippen molar-refractivity contribution < 1.29 is 22.8 Å². The molecule has 0 spiro atoms. The van der Waals surface area contributed by atoms with Crippen LogP contribution in [-0.2, 0) is 11.0 Å². The lowest BCUT2D eigenvalue weighted by Gasteiger charge is -2.16. The summed E-state index contributed by atoms with van der Waals surface area (Å²) < 4.78 is 42.2. The maximum Gasteiger partial charge on any atom is 0.418 e. The molecule has 0 aliphatic carbocycles. The zero-order chi connectivity index (χ0) is 22.6. The van der Waals surface area contributed by atoms with E-state index in [0.29, 0.717) is 10.6 Å². The summed E-state index contributed by atoms with van der Waals surface area (Å²) in [6.07, 6.45) is -4.63. The fraction of sp³-hybridized carbons (Fsp3) is 0.158. The van der Waals surface area contributed by atoms with Crippen LogP contribution in [-0.4, -0.2) is 39.5 Å². The standard InChI is InChI=1S/C19H15ClF3N5O2S/c1-24-17(30)25-15(29)10-31-18-27-26-16(11-5-4-6-12(20)9-11)28(18)14-8-3-2-7-13(14)19(21,22)23/h2-9H,10H2,1H3,(H2,24,25,29,30). The molecule has 0 fully saturated rings. The predicted molar refractivity (Wildman–Crippen MR) is 110 cm³/mol. The summed E-state index contributed by atoms with van der Waals surface area (Å²) in [4.78, 5) is 23.2. The third-order valence-electron chi connectivity index (χ3n) is 3.98. The molecule has 0 radical (unpaired) electrons. The molecule has 3 aromatic rings. The number of halogens is 4. The minimum absolute atomic E-state index is 0.0405. The number of hydrogen-bond acceptors (Lipinski definition) is 5. The molecule has 0 saturated carbocycles. The Balaban J connectivity index is 2.08. The molecule has 162 valence electrons. The number of hydrogen-bond donors (Lipinski definition) is 2. The van der Waals surface area contributed by atoms with Crippen molar-refractivity contribution >= 4 is 35.3 Å². The lowest BCUT2D eigenvalue weighted by Crippen LogP contribution is -2.38. The maximum absolute atomic E-state index is 13.7. The molecular weight excluding hydrogens is 455 g/mol. The Bertz CT molecular complexity index is 1120. The second kappa shape index (κ2) is 9.40. The van der Waals surface area contributed by atoms with Crippen LogP contribution in [0.3, 0.4) is 0 Å². The molecule has 3 amide bonds. The predicted octanol–water partition coefficient (Wildman–Crippen LogP) is 4.15. The number of thioether (sulfide) groups is 1. The minimum Gasteiger partial charge on any atom is -0.341 e. The van der Waals surface area contributed by atoms with Crippen molar-refractivity contribution in [3.8, 4) is 17.1 Å². The normalized spacial score (nSPS) is 11.3. The zero-order valence-electron chi connectivity index (χ0n) is 15.9.